The summed E-state index contributed by atoms with van der Waals surface area (Å²) in [7, 11) is -2.82. The SMILES string of the molecule is C=Cc1ccc(NS(=O)(=O)c2ccc(F)cc2)c(C(=O)O)c1OC. The zero-order valence-corrected chi connectivity index (χ0v) is 13.4. The van der Waals surface area contributed by atoms with Crippen LogP contribution in [0.15, 0.2) is 47.9 Å². The van der Waals surface area contributed by atoms with Crippen molar-refractivity contribution in [3.05, 3.63) is 59.9 Å². The van der Waals surface area contributed by atoms with Crippen LogP contribution in [0.3, 0.4) is 0 Å². The minimum absolute atomic E-state index is 0.0168. The molecule has 0 saturated heterocycles. The van der Waals surface area contributed by atoms with Crippen molar-refractivity contribution in [2.45, 2.75) is 4.90 Å². The van der Waals surface area contributed by atoms with Gasteiger partial charge in [-0.25, -0.2) is 17.6 Å². The first-order valence-corrected chi connectivity index (χ1v) is 8.13. The molecule has 2 aromatic carbocycles. The Morgan fingerprint density at radius 1 is 1.25 bits per heavy atom. The topological polar surface area (TPSA) is 92.7 Å². The molecule has 0 amide bonds. The van der Waals surface area contributed by atoms with Crippen molar-refractivity contribution in [3.63, 3.8) is 0 Å². The number of carbonyl (C=O) groups is 1. The molecule has 0 unspecified atom stereocenters. The maximum Gasteiger partial charge on any atom is 0.341 e. The molecule has 2 N–H and O–H groups in total. The summed E-state index contributed by atoms with van der Waals surface area (Å²) in [5, 5.41) is 9.40. The molecule has 0 saturated carbocycles. The summed E-state index contributed by atoms with van der Waals surface area (Å²) in [4.78, 5) is 11.3. The van der Waals surface area contributed by atoms with Gasteiger partial charge in [0.1, 0.15) is 17.1 Å². The van der Waals surface area contributed by atoms with E-state index in [0.29, 0.717) is 5.56 Å². The van der Waals surface area contributed by atoms with Gasteiger partial charge in [-0.05, 0) is 36.4 Å². The second-order valence-electron chi connectivity index (χ2n) is 4.68. The lowest BCUT2D eigenvalue weighted by molar-refractivity contribution is 0.0694. The van der Waals surface area contributed by atoms with E-state index in [0.717, 1.165) is 24.3 Å². The smallest absolute Gasteiger partial charge is 0.341 e. The molecule has 0 aliphatic carbocycles. The van der Waals surface area contributed by atoms with Crippen LogP contribution in [0.2, 0.25) is 0 Å². The summed E-state index contributed by atoms with van der Waals surface area (Å²) in [6.07, 6.45) is 1.39. The van der Waals surface area contributed by atoms with Crippen molar-refractivity contribution in [2.24, 2.45) is 0 Å². The number of sulfonamides is 1. The average Bonchev–Trinajstić information content (AvgIpc) is 2.54. The molecular formula is C16H14FNO5S. The number of halogens is 1. The van der Waals surface area contributed by atoms with Crippen LogP contribution in [0, 0.1) is 5.82 Å². The van der Waals surface area contributed by atoms with Crippen molar-refractivity contribution in [3.8, 4) is 5.75 Å². The first-order chi connectivity index (χ1) is 11.3. The fourth-order valence-corrected chi connectivity index (χ4v) is 3.17. The number of hydrogen-bond acceptors (Lipinski definition) is 4. The molecule has 126 valence electrons. The summed E-state index contributed by atoms with van der Waals surface area (Å²) in [6.45, 7) is 3.55. The van der Waals surface area contributed by atoms with Gasteiger partial charge in [-0.15, -0.1) is 0 Å². The molecule has 0 atom stereocenters. The lowest BCUT2D eigenvalue weighted by atomic mass is 10.1. The van der Waals surface area contributed by atoms with Gasteiger partial charge in [0.15, 0.2) is 0 Å². The Bertz CT molecular complexity index is 891. The van der Waals surface area contributed by atoms with Crippen molar-refractivity contribution in [1.29, 1.82) is 0 Å². The summed E-state index contributed by atoms with van der Waals surface area (Å²) in [5.74, 6) is -1.97. The predicted molar refractivity (Wildman–Crippen MR) is 87.3 cm³/mol. The van der Waals surface area contributed by atoms with Gasteiger partial charge in [0.2, 0.25) is 0 Å². The maximum atomic E-state index is 12.9. The molecule has 24 heavy (non-hydrogen) atoms. The third kappa shape index (κ3) is 3.38. The number of carboxylic acid groups (broad SMARTS) is 1. The lowest BCUT2D eigenvalue weighted by Crippen LogP contribution is -2.16. The molecule has 0 aliphatic heterocycles. The van der Waals surface area contributed by atoms with Gasteiger partial charge in [-0.2, -0.15) is 0 Å². The van der Waals surface area contributed by atoms with Crippen LogP contribution >= 0.6 is 0 Å². The Morgan fingerprint density at radius 3 is 2.38 bits per heavy atom. The van der Waals surface area contributed by atoms with Crippen LogP contribution in [0.4, 0.5) is 10.1 Å². The molecule has 0 bridgehead atoms. The molecule has 0 aromatic heterocycles. The van der Waals surface area contributed by atoms with Crippen molar-refractivity contribution < 1.29 is 27.4 Å². The molecule has 0 fully saturated rings. The first kappa shape index (κ1) is 17.5. The van der Waals surface area contributed by atoms with E-state index in [9.17, 15) is 22.7 Å². The van der Waals surface area contributed by atoms with Gasteiger partial charge in [0.05, 0.1) is 17.7 Å². The van der Waals surface area contributed by atoms with E-state index in [-0.39, 0.29) is 21.9 Å². The monoisotopic (exact) mass is 351 g/mol. The largest absolute Gasteiger partial charge is 0.495 e. The second-order valence-corrected chi connectivity index (χ2v) is 6.36. The van der Waals surface area contributed by atoms with Gasteiger partial charge in [-0.3, -0.25) is 4.72 Å². The number of anilines is 1. The maximum absolute atomic E-state index is 12.9. The third-order valence-electron chi connectivity index (χ3n) is 3.19. The van der Waals surface area contributed by atoms with Crippen molar-refractivity contribution >= 4 is 27.8 Å². The number of rotatable bonds is 6. The molecule has 0 heterocycles. The van der Waals surface area contributed by atoms with E-state index in [4.69, 9.17) is 4.74 Å². The summed E-state index contributed by atoms with van der Waals surface area (Å²) >= 11 is 0. The predicted octanol–water partition coefficient (Wildman–Crippen LogP) is 2.98. The highest BCUT2D eigenvalue weighted by Crippen LogP contribution is 2.32. The van der Waals surface area contributed by atoms with Crippen LogP contribution in [0.1, 0.15) is 15.9 Å². The van der Waals surface area contributed by atoms with Crippen LogP contribution in [-0.4, -0.2) is 26.6 Å². The molecule has 0 radical (unpaired) electrons. The van der Waals surface area contributed by atoms with Crippen LogP contribution in [-0.2, 0) is 10.0 Å². The number of ether oxygens (including phenoxy) is 1. The first-order valence-electron chi connectivity index (χ1n) is 6.65. The summed E-state index contributed by atoms with van der Waals surface area (Å²) < 4.78 is 44.9. The molecule has 8 heteroatoms. The fourth-order valence-electron chi connectivity index (χ4n) is 2.09. The van der Waals surface area contributed by atoms with Crippen LogP contribution in [0.5, 0.6) is 5.75 Å². The zero-order valence-electron chi connectivity index (χ0n) is 12.6. The highest BCUT2D eigenvalue weighted by Gasteiger charge is 2.23. The van der Waals surface area contributed by atoms with Crippen molar-refractivity contribution in [2.75, 3.05) is 11.8 Å². The van der Waals surface area contributed by atoms with E-state index >= 15 is 0 Å². The fraction of sp³-hybridized carbons (Fsp3) is 0.0625. The number of benzene rings is 2. The Morgan fingerprint density at radius 2 is 1.88 bits per heavy atom. The highest BCUT2D eigenvalue weighted by atomic mass is 32.2. The Balaban J connectivity index is 2.55. The molecule has 0 spiro atoms. The van der Waals surface area contributed by atoms with E-state index in [2.05, 4.69) is 11.3 Å². The van der Waals surface area contributed by atoms with Gasteiger partial charge >= 0.3 is 5.97 Å². The number of methoxy groups -OCH3 is 1. The Labute approximate surface area is 138 Å². The Hall–Kier alpha value is -2.87. The Kier molecular flexibility index (Phi) is 4.89. The standard InChI is InChI=1S/C16H14FNO5S/c1-3-10-4-9-13(14(16(19)20)15(10)23-2)18-24(21,22)12-7-5-11(17)6-8-12/h3-9,18H,1H2,2H3,(H,19,20). The van der Waals surface area contributed by atoms with Gasteiger partial charge in [0, 0.05) is 5.56 Å². The van der Waals surface area contributed by atoms with Crippen molar-refractivity contribution in [1.82, 2.24) is 0 Å². The molecule has 2 rings (SSSR count). The quantitative estimate of drug-likeness (QED) is 0.835. The van der Waals surface area contributed by atoms with Gasteiger partial charge in [0.25, 0.3) is 10.0 Å². The minimum Gasteiger partial charge on any atom is -0.495 e. The summed E-state index contributed by atoms with van der Waals surface area (Å²) in [6, 6.07) is 6.91. The van der Waals surface area contributed by atoms with E-state index in [1.807, 2.05) is 0 Å². The molecule has 6 nitrogen and oxygen atoms in total. The van der Waals surface area contributed by atoms with Crippen LogP contribution < -0.4 is 9.46 Å². The van der Waals surface area contributed by atoms with Gasteiger partial charge < -0.3 is 9.84 Å². The number of hydrogen-bond donors (Lipinski definition) is 2. The minimum atomic E-state index is -4.09. The van der Waals surface area contributed by atoms with Crippen LogP contribution in [0.25, 0.3) is 6.08 Å². The third-order valence-corrected chi connectivity index (χ3v) is 4.58. The highest BCUT2D eigenvalue weighted by molar-refractivity contribution is 7.92. The number of nitrogens with one attached hydrogen (secondary N) is 1. The average molecular weight is 351 g/mol. The molecule has 2 aromatic rings. The van der Waals surface area contributed by atoms with E-state index in [1.54, 1.807) is 0 Å². The normalized spacial score (nSPS) is 10.9. The summed E-state index contributed by atoms with van der Waals surface area (Å²) in [5.41, 5.74) is -0.116. The lowest BCUT2D eigenvalue weighted by Gasteiger charge is -2.15. The number of aromatic carboxylic acids is 1. The van der Waals surface area contributed by atoms with Gasteiger partial charge in [-0.1, -0.05) is 12.7 Å². The second kappa shape index (κ2) is 6.71. The number of carboxylic acids is 1. The zero-order chi connectivity index (χ0) is 17.9. The molecule has 0 aliphatic rings. The van der Waals surface area contributed by atoms with E-state index < -0.39 is 21.8 Å². The van der Waals surface area contributed by atoms with E-state index in [1.165, 1.54) is 25.3 Å². The molecular weight excluding hydrogens is 337 g/mol.